The molecule has 8 aromatic rings. The van der Waals surface area contributed by atoms with Crippen LogP contribution in [-0.2, 0) is 11.1 Å². The molecule has 3 aliphatic rings. The van der Waals surface area contributed by atoms with E-state index in [1.54, 1.807) is 6.20 Å². The van der Waals surface area contributed by atoms with Gasteiger partial charge in [-0.15, -0.1) is 4.68 Å². The van der Waals surface area contributed by atoms with Gasteiger partial charge in [0, 0.05) is 52.8 Å². The van der Waals surface area contributed by atoms with E-state index in [1.807, 2.05) is 30.7 Å². The normalized spacial score (nSPS) is 16.5. The molecule has 228 valence electrons. The quantitative estimate of drug-likeness (QED) is 0.195. The Morgan fingerprint density at radius 3 is 2.46 bits per heavy atom. The number of para-hydroxylation sites is 1. The minimum Gasteiger partial charge on any atom is -0.456 e. The lowest BCUT2D eigenvalue weighted by atomic mass is 9.83. The van der Waals surface area contributed by atoms with Crippen molar-refractivity contribution in [1.29, 1.82) is 0 Å². The molecule has 48 heavy (non-hydrogen) atoms. The molecule has 8 heteroatoms. The van der Waals surface area contributed by atoms with Crippen molar-refractivity contribution in [2.75, 3.05) is 0 Å². The predicted octanol–water partition coefficient (Wildman–Crippen LogP) is 7.00. The van der Waals surface area contributed by atoms with Gasteiger partial charge in [0.2, 0.25) is 6.20 Å². The molecular formula is C40H29N7O+2. The largest absolute Gasteiger partial charge is 0.456 e. The number of rotatable bonds is 2. The fraction of sp³-hybridized carbons (Fsp3) is 0.125. The van der Waals surface area contributed by atoms with Crippen molar-refractivity contribution in [1.82, 2.24) is 24.2 Å². The van der Waals surface area contributed by atoms with Gasteiger partial charge < -0.3 is 4.74 Å². The van der Waals surface area contributed by atoms with E-state index >= 15 is 0 Å². The highest BCUT2D eigenvalue weighted by Gasteiger charge is 2.68. The van der Waals surface area contributed by atoms with Gasteiger partial charge >= 0.3 is 5.66 Å². The third-order valence-corrected chi connectivity index (χ3v) is 10.3. The summed E-state index contributed by atoms with van der Waals surface area (Å²) < 4.78 is 16.3. The molecule has 8 nitrogen and oxygen atoms in total. The van der Waals surface area contributed by atoms with Crippen LogP contribution in [0.25, 0.3) is 55.8 Å². The molecule has 1 spiro atoms. The molecule has 0 amide bonds. The molecule has 0 saturated carbocycles. The lowest BCUT2D eigenvalue weighted by Gasteiger charge is -2.33. The Morgan fingerprint density at radius 2 is 1.62 bits per heavy atom. The third-order valence-electron chi connectivity index (χ3n) is 10.3. The summed E-state index contributed by atoms with van der Waals surface area (Å²) in [5, 5.41) is 2.43. The molecule has 1 unspecified atom stereocenters. The molecular weight excluding hydrogens is 594 g/mol. The summed E-state index contributed by atoms with van der Waals surface area (Å²) in [4.78, 5) is 13.9. The molecule has 0 aliphatic carbocycles. The maximum absolute atomic E-state index is 6.81. The summed E-state index contributed by atoms with van der Waals surface area (Å²) in [5.74, 6) is 3.49. The summed E-state index contributed by atoms with van der Waals surface area (Å²) in [6, 6.07) is 28.0. The van der Waals surface area contributed by atoms with Crippen molar-refractivity contribution < 1.29 is 14.0 Å². The first kappa shape index (κ1) is 26.0. The van der Waals surface area contributed by atoms with E-state index < -0.39 is 5.66 Å². The van der Waals surface area contributed by atoms with E-state index in [1.165, 1.54) is 27.4 Å². The lowest BCUT2D eigenvalue weighted by Crippen LogP contribution is -2.76. The molecule has 11 rings (SSSR count). The minimum absolute atomic E-state index is 0.0360. The van der Waals surface area contributed by atoms with Crippen LogP contribution in [0.15, 0.2) is 122 Å². The zero-order valence-electron chi connectivity index (χ0n) is 26.6. The SMILES string of the molecule is CC(C)(C)c1cc[n+]2c(c1)-n1c3ccccc3c3ccc4c(c31)C21c2c(cccc2-n2cc(-c3ncc(-c5cccnc5)cn3)c[n+]21)O4. The van der Waals surface area contributed by atoms with Crippen molar-refractivity contribution in [3.05, 3.63) is 139 Å². The van der Waals surface area contributed by atoms with Crippen LogP contribution >= 0.6 is 0 Å². The Kier molecular flexibility index (Phi) is 4.65. The highest BCUT2D eigenvalue weighted by molar-refractivity contribution is 6.11. The average molecular weight is 624 g/mol. The smallest absolute Gasteiger partial charge is 0.397 e. The summed E-state index contributed by atoms with van der Waals surface area (Å²) in [5.41, 5.74) is 8.98. The Bertz CT molecular complexity index is 2680. The molecule has 3 aromatic carbocycles. The monoisotopic (exact) mass is 623 g/mol. The minimum atomic E-state index is -0.761. The van der Waals surface area contributed by atoms with Crippen LogP contribution in [0.5, 0.6) is 11.5 Å². The van der Waals surface area contributed by atoms with Gasteiger partial charge in [-0.1, -0.05) is 49.7 Å². The van der Waals surface area contributed by atoms with Gasteiger partial charge in [-0.3, -0.25) is 4.98 Å². The van der Waals surface area contributed by atoms with Crippen LogP contribution in [0.1, 0.15) is 37.5 Å². The molecule has 0 N–H and O–H groups in total. The number of hydrogen-bond acceptors (Lipinski definition) is 4. The first-order valence-electron chi connectivity index (χ1n) is 16.3. The number of ether oxygens (including phenoxy) is 1. The summed E-state index contributed by atoms with van der Waals surface area (Å²) in [6.07, 6.45) is 14.0. The van der Waals surface area contributed by atoms with Crippen molar-refractivity contribution in [2.24, 2.45) is 0 Å². The van der Waals surface area contributed by atoms with E-state index in [-0.39, 0.29) is 5.41 Å². The first-order chi connectivity index (χ1) is 23.4. The van der Waals surface area contributed by atoms with Gasteiger partial charge in [0.05, 0.1) is 12.4 Å². The summed E-state index contributed by atoms with van der Waals surface area (Å²) in [6.45, 7) is 6.83. The molecule has 5 aromatic heterocycles. The first-order valence-corrected chi connectivity index (χ1v) is 16.3. The van der Waals surface area contributed by atoms with Crippen LogP contribution in [0, 0.1) is 0 Å². The van der Waals surface area contributed by atoms with Crippen molar-refractivity contribution in [2.45, 2.75) is 31.8 Å². The van der Waals surface area contributed by atoms with E-state index in [0.717, 1.165) is 50.8 Å². The van der Waals surface area contributed by atoms with Crippen molar-refractivity contribution >= 4 is 21.8 Å². The maximum Gasteiger partial charge on any atom is 0.397 e. The Hall–Kier alpha value is -6.15. The number of nitrogens with zero attached hydrogens (tertiary/aromatic N) is 7. The number of fused-ring (bicyclic) bond motifs is 7. The molecule has 0 radical (unpaired) electrons. The number of hydrogen-bond donors (Lipinski definition) is 0. The highest BCUT2D eigenvalue weighted by atomic mass is 16.5. The van der Waals surface area contributed by atoms with Gasteiger partial charge in [-0.2, -0.15) is 9.13 Å². The zero-order chi connectivity index (χ0) is 31.9. The fourth-order valence-electron chi connectivity index (χ4n) is 8.20. The molecule has 3 aliphatic heterocycles. The molecule has 0 fully saturated rings. The Morgan fingerprint density at radius 1 is 0.771 bits per heavy atom. The fourth-order valence-corrected chi connectivity index (χ4v) is 8.20. The average Bonchev–Trinajstić information content (AvgIpc) is 3.78. The number of benzene rings is 3. The molecule has 8 heterocycles. The van der Waals surface area contributed by atoms with Gasteiger partial charge in [-0.05, 0) is 59.5 Å². The number of aromatic nitrogens is 7. The standard InChI is InChI=1S/C40H29N7O/c1-39(2,3)27-15-17-44-34(18-27)47-30-10-5-4-9-28(30)29-13-14-33-36(37(29)47)40(44)35-31(11-6-12-32(35)48-33)45-22-26(23-46(40)45)38-42-20-25(21-43-38)24-8-7-16-41-19-24/h4-23H,1-3H3/q+2. The van der Waals surface area contributed by atoms with Crippen LogP contribution in [0.4, 0.5) is 0 Å². The van der Waals surface area contributed by atoms with Crippen LogP contribution < -0.4 is 14.0 Å². The Labute approximate surface area is 275 Å². The van der Waals surface area contributed by atoms with Gasteiger partial charge in [0.25, 0.3) is 5.82 Å². The van der Waals surface area contributed by atoms with Gasteiger partial charge in [0.15, 0.2) is 16.9 Å². The molecule has 1 atom stereocenters. The van der Waals surface area contributed by atoms with Crippen LogP contribution in [-0.4, -0.2) is 24.2 Å². The van der Waals surface area contributed by atoms with E-state index in [0.29, 0.717) is 5.82 Å². The molecule has 0 saturated heterocycles. The number of pyridine rings is 2. The van der Waals surface area contributed by atoms with E-state index in [4.69, 9.17) is 14.7 Å². The second-order valence-electron chi connectivity index (χ2n) is 13.9. The van der Waals surface area contributed by atoms with Crippen LogP contribution in [0.3, 0.4) is 0 Å². The summed E-state index contributed by atoms with van der Waals surface area (Å²) >= 11 is 0. The Balaban J connectivity index is 1.25. The van der Waals surface area contributed by atoms with Gasteiger partial charge in [-0.25, -0.2) is 9.97 Å². The highest BCUT2D eigenvalue weighted by Crippen LogP contribution is 2.55. The second kappa shape index (κ2) is 8.60. The maximum atomic E-state index is 6.81. The van der Waals surface area contributed by atoms with Crippen LogP contribution in [0.2, 0.25) is 0 Å². The molecule has 0 bridgehead atoms. The topological polar surface area (TPSA) is 65.5 Å². The third kappa shape index (κ3) is 3.03. The van der Waals surface area contributed by atoms with E-state index in [2.05, 4.69) is 130 Å². The van der Waals surface area contributed by atoms with Crippen molar-refractivity contribution in [3.8, 4) is 45.5 Å². The van der Waals surface area contributed by atoms with Gasteiger partial charge in [0.1, 0.15) is 33.8 Å². The summed E-state index contributed by atoms with van der Waals surface area (Å²) in [7, 11) is 0. The van der Waals surface area contributed by atoms with E-state index in [9.17, 15) is 0 Å². The van der Waals surface area contributed by atoms with Crippen molar-refractivity contribution in [3.63, 3.8) is 0 Å². The lowest BCUT2D eigenvalue weighted by molar-refractivity contribution is -0.993. The second-order valence-corrected chi connectivity index (χ2v) is 13.9. The predicted molar refractivity (Wildman–Crippen MR) is 182 cm³/mol. The zero-order valence-corrected chi connectivity index (χ0v) is 26.6.